The van der Waals surface area contributed by atoms with E-state index in [0.29, 0.717) is 22.3 Å². The number of carbonyl (C=O) groups is 4. The molecule has 332 valence electrons. The van der Waals surface area contributed by atoms with Gasteiger partial charge in [0.1, 0.15) is 48.1 Å². The highest BCUT2D eigenvalue weighted by atomic mass is 16.8. The summed E-state index contributed by atoms with van der Waals surface area (Å²) in [6.45, 7) is 5.91. The van der Waals surface area contributed by atoms with Crippen LogP contribution in [0.5, 0.6) is 0 Å². The molecule has 3 aliphatic heterocycles. The highest BCUT2D eigenvalue weighted by Gasteiger charge is 2.76. The third kappa shape index (κ3) is 8.99. The van der Waals surface area contributed by atoms with Crippen LogP contribution in [0.1, 0.15) is 69.2 Å². The van der Waals surface area contributed by atoms with E-state index in [1.54, 1.807) is 26.8 Å². The largest absolute Gasteiger partial charge is 0.499 e. The summed E-state index contributed by atoms with van der Waals surface area (Å²) >= 11 is 0. The molecule has 2 amide bonds. The average Bonchev–Trinajstić information content (AvgIpc) is 3.83. The standard InChI is InChI=1S/C46H55N3O13/c1-28(52)36(41(54)47-33(27-51)19-20-35(53)59-44(2,3)4)48-43(56)45-25-34-37-38(61-46(60-37,31-15-7-5-8-16-31)32-17-9-6-10-18-32)40(45)62-49(39(45)42(55)58-34)26-30-14-12-11-13-29(30)21-23-57-24-22-50/h5-18,21,23,28,33-34,36-40,50-52H,19-20,22,24-27H2,1-4H3,(H,47,54)(H,48,56)/t28-,33-,34+,36+,37-,38-,39-,40+,45-/m0/s1. The van der Waals surface area contributed by atoms with Crippen LogP contribution in [-0.2, 0) is 60.0 Å². The van der Waals surface area contributed by atoms with Gasteiger partial charge in [-0.3, -0.25) is 24.0 Å². The quantitative estimate of drug-likeness (QED) is 0.0751. The van der Waals surface area contributed by atoms with Gasteiger partial charge in [0.25, 0.3) is 0 Å². The highest BCUT2D eigenvalue weighted by molar-refractivity contribution is 5.96. The summed E-state index contributed by atoms with van der Waals surface area (Å²) in [5.74, 6) is -4.36. The van der Waals surface area contributed by atoms with Gasteiger partial charge < -0.3 is 49.6 Å². The first-order valence-electron chi connectivity index (χ1n) is 20.9. The van der Waals surface area contributed by atoms with Crippen molar-refractivity contribution in [3.8, 4) is 0 Å². The van der Waals surface area contributed by atoms with E-state index in [0.717, 1.165) is 0 Å². The number of amides is 2. The van der Waals surface area contributed by atoms with Crippen LogP contribution in [0.4, 0.5) is 0 Å². The lowest BCUT2D eigenvalue weighted by molar-refractivity contribution is -0.213. The Bertz CT molecular complexity index is 2050. The summed E-state index contributed by atoms with van der Waals surface area (Å²) in [6, 6.07) is 22.1. The summed E-state index contributed by atoms with van der Waals surface area (Å²) in [5, 5.41) is 37.2. The second kappa shape index (κ2) is 18.6. The molecule has 3 heterocycles. The molecule has 4 fully saturated rings. The number of hydrogen-bond acceptors (Lipinski definition) is 14. The predicted molar refractivity (Wildman–Crippen MR) is 221 cm³/mol. The van der Waals surface area contributed by atoms with E-state index in [9.17, 15) is 29.7 Å². The van der Waals surface area contributed by atoms with Gasteiger partial charge in [0, 0.05) is 24.0 Å². The molecule has 7 rings (SSSR count). The van der Waals surface area contributed by atoms with Crippen LogP contribution in [0.25, 0.3) is 6.08 Å². The fourth-order valence-corrected chi connectivity index (χ4v) is 8.81. The van der Waals surface area contributed by atoms with E-state index < -0.39 is 95.8 Å². The number of aliphatic hydroxyl groups excluding tert-OH is 3. The maximum absolute atomic E-state index is 15.2. The number of nitrogens with zero attached hydrogens (tertiary/aromatic N) is 1. The lowest BCUT2D eigenvalue weighted by Crippen LogP contribution is -2.71. The number of esters is 2. The van der Waals surface area contributed by atoms with E-state index in [1.165, 1.54) is 18.2 Å². The Morgan fingerprint density at radius 2 is 1.58 bits per heavy atom. The van der Waals surface area contributed by atoms with Gasteiger partial charge in [0.15, 0.2) is 6.04 Å². The Morgan fingerprint density at radius 1 is 0.935 bits per heavy atom. The molecule has 16 nitrogen and oxygen atoms in total. The van der Waals surface area contributed by atoms with Crippen LogP contribution < -0.4 is 10.6 Å². The molecular formula is C46H55N3O13. The minimum Gasteiger partial charge on any atom is -0.499 e. The predicted octanol–water partition coefficient (Wildman–Crippen LogP) is 2.62. The fourth-order valence-electron chi connectivity index (χ4n) is 8.81. The Morgan fingerprint density at radius 3 is 2.21 bits per heavy atom. The van der Waals surface area contributed by atoms with Crippen LogP contribution in [-0.4, -0.2) is 118 Å². The number of aliphatic hydroxyl groups is 3. The van der Waals surface area contributed by atoms with E-state index in [4.69, 9.17) is 28.5 Å². The van der Waals surface area contributed by atoms with Crippen molar-refractivity contribution in [2.75, 3.05) is 19.8 Å². The molecule has 0 spiro atoms. The lowest BCUT2D eigenvalue weighted by atomic mass is 9.62. The summed E-state index contributed by atoms with van der Waals surface area (Å²) in [5.41, 5.74) is 0.258. The first-order valence-corrected chi connectivity index (χ1v) is 20.9. The molecule has 1 aliphatic carbocycles. The fraction of sp³-hybridized carbons (Fsp3) is 0.478. The molecule has 62 heavy (non-hydrogen) atoms. The number of fused-ring (bicyclic) bond motifs is 4. The molecule has 0 aromatic heterocycles. The zero-order valence-corrected chi connectivity index (χ0v) is 35.2. The topological polar surface area (TPSA) is 212 Å². The molecule has 9 atom stereocenters. The van der Waals surface area contributed by atoms with Crippen LogP contribution in [0.2, 0.25) is 0 Å². The van der Waals surface area contributed by atoms with Crippen molar-refractivity contribution in [1.82, 2.24) is 15.7 Å². The number of benzene rings is 3. The van der Waals surface area contributed by atoms with Crippen molar-refractivity contribution < 1.29 is 63.0 Å². The number of carbonyl (C=O) groups excluding carboxylic acids is 4. The van der Waals surface area contributed by atoms with Gasteiger partial charge in [-0.2, -0.15) is 5.06 Å². The molecule has 0 unspecified atom stereocenters. The molecule has 3 aromatic carbocycles. The maximum Gasteiger partial charge on any atom is 0.327 e. The molecule has 0 radical (unpaired) electrons. The third-order valence-corrected chi connectivity index (χ3v) is 11.6. The van der Waals surface area contributed by atoms with Crippen LogP contribution in [0, 0.1) is 5.41 Å². The van der Waals surface area contributed by atoms with Crippen molar-refractivity contribution in [2.24, 2.45) is 5.41 Å². The SMILES string of the molecule is C[C@H](O)[C@@H](NC(=O)[C@@]12C[C@H]3OC(=O)[C@@H]1N(Cc1ccccc1C=COCCO)O[C@@H]2[C@H]1OC(c2ccccc2)(c2ccccc2)O[C@H]13)C(=O)N[C@H](CO)CCC(=O)OC(C)(C)C. The van der Waals surface area contributed by atoms with Gasteiger partial charge in [0.05, 0.1) is 38.2 Å². The maximum atomic E-state index is 15.2. The van der Waals surface area contributed by atoms with Gasteiger partial charge in [-0.15, -0.1) is 0 Å². The molecular weight excluding hydrogens is 803 g/mol. The van der Waals surface area contributed by atoms with Crippen LogP contribution in [0.15, 0.2) is 91.2 Å². The Kier molecular flexibility index (Phi) is 13.5. The molecule has 3 aromatic rings. The first kappa shape index (κ1) is 44.8. The second-order valence-electron chi connectivity index (χ2n) is 17.0. The van der Waals surface area contributed by atoms with E-state index >= 15 is 4.79 Å². The Balaban J connectivity index is 1.24. The normalized spacial score (nSPS) is 26.5. The minimum absolute atomic E-state index is 0.00657. The second-order valence-corrected chi connectivity index (χ2v) is 17.0. The van der Waals surface area contributed by atoms with Gasteiger partial charge in [-0.05, 0) is 51.3 Å². The van der Waals surface area contributed by atoms with Crippen LogP contribution in [0.3, 0.4) is 0 Å². The summed E-state index contributed by atoms with van der Waals surface area (Å²) in [6.07, 6.45) is -2.53. The number of rotatable bonds is 17. The molecule has 4 aliphatic rings. The summed E-state index contributed by atoms with van der Waals surface area (Å²) in [7, 11) is 0. The van der Waals surface area contributed by atoms with Crippen molar-refractivity contribution in [2.45, 2.75) is 114 Å². The minimum atomic E-state index is -1.75. The van der Waals surface area contributed by atoms with Crippen LogP contribution >= 0.6 is 0 Å². The summed E-state index contributed by atoms with van der Waals surface area (Å²) in [4.78, 5) is 62.8. The third-order valence-electron chi connectivity index (χ3n) is 11.6. The van der Waals surface area contributed by atoms with Gasteiger partial charge in [0.2, 0.25) is 17.6 Å². The molecule has 2 bridgehead atoms. The van der Waals surface area contributed by atoms with Crippen molar-refractivity contribution in [3.63, 3.8) is 0 Å². The van der Waals surface area contributed by atoms with Crippen molar-refractivity contribution in [3.05, 3.63) is 113 Å². The average molecular weight is 858 g/mol. The first-order chi connectivity index (χ1) is 29.7. The van der Waals surface area contributed by atoms with E-state index in [1.807, 2.05) is 84.9 Å². The van der Waals surface area contributed by atoms with Crippen molar-refractivity contribution in [1.29, 1.82) is 0 Å². The zero-order valence-electron chi connectivity index (χ0n) is 35.2. The van der Waals surface area contributed by atoms with Crippen molar-refractivity contribution >= 4 is 29.8 Å². The molecule has 3 saturated heterocycles. The van der Waals surface area contributed by atoms with Gasteiger partial charge in [-0.1, -0.05) is 84.9 Å². The van der Waals surface area contributed by atoms with E-state index in [2.05, 4.69) is 10.6 Å². The smallest absolute Gasteiger partial charge is 0.327 e. The number of hydroxylamine groups is 2. The lowest BCUT2D eigenvalue weighted by Gasteiger charge is -2.49. The molecule has 5 N–H and O–H groups in total. The summed E-state index contributed by atoms with van der Waals surface area (Å²) < 4.78 is 30.9. The molecule has 1 saturated carbocycles. The van der Waals surface area contributed by atoms with E-state index in [-0.39, 0.29) is 39.0 Å². The number of nitrogens with one attached hydrogen (secondary N) is 2. The Labute approximate surface area is 360 Å². The number of ether oxygens (including phenoxy) is 5. The van der Waals surface area contributed by atoms with Gasteiger partial charge in [-0.25, -0.2) is 0 Å². The monoisotopic (exact) mass is 857 g/mol. The molecule has 16 heteroatoms. The highest BCUT2D eigenvalue weighted by Crippen LogP contribution is 2.59. The zero-order chi connectivity index (χ0) is 44.2. The Hall–Kier alpha value is -5.20. The number of hydrogen-bond donors (Lipinski definition) is 5. The van der Waals surface area contributed by atoms with Gasteiger partial charge >= 0.3 is 11.9 Å².